The van der Waals surface area contributed by atoms with Crippen LogP contribution in [-0.2, 0) is 0 Å². The fraction of sp³-hybridized carbons (Fsp3) is 0.333. The summed E-state index contributed by atoms with van der Waals surface area (Å²) in [6, 6.07) is 10.4. The van der Waals surface area contributed by atoms with Crippen LogP contribution in [0.2, 0.25) is 0 Å². The second-order valence-electron chi connectivity index (χ2n) is 4.77. The average molecular weight is 273 g/mol. The van der Waals surface area contributed by atoms with Gasteiger partial charge < -0.3 is 5.73 Å². The van der Waals surface area contributed by atoms with Crippen LogP contribution >= 0.6 is 11.8 Å². The lowest BCUT2D eigenvalue weighted by Crippen LogP contribution is -2.13. The molecule has 2 N–H and O–H groups in total. The summed E-state index contributed by atoms with van der Waals surface area (Å²) in [7, 11) is 0. The van der Waals surface area contributed by atoms with Crippen molar-refractivity contribution in [2.24, 2.45) is 5.73 Å². The minimum absolute atomic E-state index is 0.00928. The fourth-order valence-corrected chi connectivity index (χ4v) is 2.54. The number of rotatable bonds is 5. The van der Waals surface area contributed by atoms with E-state index in [1.807, 2.05) is 6.07 Å². The monoisotopic (exact) mass is 273 g/mol. The molecule has 0 spiro atoms. The Bertz CT molecular complexity index is 497. The molecule has 3 nitrogen and oxygen atoms in total. The number of benzene rings is 1. The molecule has 0 fully saturated rings. The van der Waals surface area contributed by atoms with E-state index in [-0.39, 0.29) is 6.04 Å². The fourth-order valence-electron chi connectivity index (χ4n) is 1.75. The van der Waals surface area contributed by atoms with Crippen molar-refractivity contribution in [3.05, 3.63) is 53.9 Å². The number of hydrogen-bond donors (Lipinski definition) is 1. The molecule has 0 radical (unpaired) electrons. The summed E-state index contributed by atoms with van der Waals surface area (Å²) in [6.07, 6.45) is 3.50. The predicted molar refractivity (Wildman–Crippen MR) is 80.2 cm³/mol. The second-order valence-corrected chi connectivity index (χ2v) is 5.76. The van der Waals surface area contributed by atoms with E-state index in [0.29, 0.717) is 5.92 Å². The van der Waals surface area contributed by atoms with E-state index in [1.165, 1.54) is 5.56 Å². The Morgan fingerprint density at radius 1 is 1.05 bits per heavy atom. The molecule has 100 valence electrons. The van der Waals surface area contributed by atoms with Gasteiger partial charge in [-0.3, -0.25) is 0 Å². The summed E-state index contributed by atoms with van der Waals surface area (Å²) < 4.78 is 0. The number of nitrogens with zero attached hydrogens (tertiary/aromatic N) is 2. The molecule has 0 saturated heterocycles. The Balaban J connectivity index is 1.94. The maximum Gasteiger partial charge on any atom is 0.187 e. The molecule has 2 aromatic rings. The van der Waals surface area contributed by atoms with Gasteiger partial charge in [0.15, 0.2) is 5.16 Å². The first-order chi connectivity index (χ1) is 9.16. The van der Waals surface area contributed by atoms with Gasteiger partial charge in [0.2, 0.25) is 0 Å². The van der Waals surface area contributed by atoms with Gasteiger partial charge in [-0.15, -0.1) is 0 Å². The molecule has 1 atom stereocenters. The summed E-state index contributed by atoms with van der Waals surface area (Å²) in [5.41, 5.74) is 8.70. The van der Waals surface area contributed by atoms with E-state index < -0.39 is 0 Å². The Hall–Kier alpha value is -1.39. The molecule has 0 bridgehead atoms. The van der Waals surface area contributed by atoms with Crippen molar-refractivity contribution in [3.63, 3.8) is 0 Å². The SMILES string of the molecule is CC(C)c1ccc(C(N)CSc2ncccn2)cc1. The third kappa shape index (κ3) is 4.04. The van der Waals surface area contributed by atoms with Gasteiger partial charge >= 0.3 is 0 Å². The maximum atomic E-state index is 6.19. The highest BCUT2D eigenvalue weighted by Gasteiger charge is 2.08. The molecule has 0 aliphatic heterocycles. The number of nitrogens with two attached hydrogens (primary N) is 1. The van der Waals surface area contributed by atoms with E-state index in [2.05, 4.69) is 48.1 Å². The number of hydrogen-bond acceptors (Lipinski definition) is 4. The average Bonchev–Trinajstić information content (AvgIpc) is 2.46. The van der Waals surface area contributed by atoms with Gasteiger partial charge in [-0.2, -0.15) is 0 Å². The van der Waals surface area contributed by atoms with Crippen LogP contribution in [0.15, 0.2) is 47.9 Å². The van der Waals surface area contributed by atoms with Crippen molar-refractivity contribution >= 4 is 11.8 Å². The van der Waals surface area contributed by atoms with Crippen molar-refractivity contribution < 1.29 is 0 Å². The van der Waals surface area contributed by atoms with Crippen LogP contribution < -0.4 is 5.73 Å². The largest absolute Gasteiger partial charge is 0.323 e. The summed E-state index contributed by atoms with van der Waals surface area (Å²) in [6.45, 7) is 4.38. The van der Waals surface area contributed by atoms with Gasteiger partial charge in [0.1, 0.15) is 0 Å². The lowest BCUT2D eigenvalue weighted by Gasteiger charge is -2.12. The Kier molecular flexibility index (Phi) is 4.93. The van der Waals surface area contributed by atoms with Gasteiger partial charge in [0.05, 0.1) is 0 Å². The highest BCUT2D eigenvalue weighted by atomic mass is 32.2. The third-order valence-electron chi connectivity index (χ3n) is 2.97. The molecule has 0 aliphatic rings. The molecule has 1 unspecified atom stereocenters. The first-order valence-electron chi connectivity index (χ1n) is 6.42. The zero-order valence-corrected chi connectivity index (χ0v) is 12.1. The van der Waals surface area contributed by atoms with E-state index in [9.17, 15) is 0 Å². The zero-order chi connectivity index (χ0) is 13.7. The maximum absolute atomic E-state index is 6.19. The quantitative estimate of drug-likeness (QED) is 0.670. The molecule has 19 heavy (non-hydrogen) atoms. The molecular weight excluding hydrogens is 254 g/mol. The summed E-state index contributed by atoms with van der Waals surface area (Å²) in [5, 5.41) is 0.775. The molecule has 0 aliphatic carbocycles. The molecule has 1 aromatic carbocycles. The smallest absolute Gasteiger partial charge is 0.187 e. The van der Waals surface area contributed by atoms with Crippen LogP contribution in [0.5, 0.6) is 0 Å². The molecule has 0 saturated carbocycles. The summed E-state index contributed by atoms with van der Waals surface area (Å²) in [5.74, 6) is 1.34. The highest BCUT2D eigenvalue weighted by Crippen LogP contribution is 2.22. The lowest BCUT2D eigenvalue weighted by molar-refractivity contribution is 0.818. The summed E-state index contributed by atoms with van der Waals surface area (Å²) >= 11 is 1.59. The van der Waals surface area contributed by atoms with Gasteiger partial charge in [-0.05, 0) is 23.1 Å². The van der Waals surface area contributed by atoms with Gasteiger partial charge in [-0.1, -0.05) is 49.9 Å². The van der Waals surface area contributed by atoms with Gasteiger partial charge in [0.25, 0.3) is 0 Å². The molecule has 0 amide bonds. The van der Waals surface area contributed by atoms with Crippen LogP contribution in [0.25, 0.3) is 0 Å². The standard InChI is InChI=1S/C15H19N3S/c1-11(2)12-4-6-13(7-5-12)14(16)10-19-15-17-8-3-9-18-15/h3-9,11,14H,10,16H2,1-2H3. The van der Waals surface area contributed by atoms with Crippen LogP contribution in [-0.4, -0.2) is 15.7 Å². The number of aromatic nitrogens is 2. The van der Waals surface area contributed by atoms with Gasteiger partial charge in [0, 0.05) is 24.2 Å². The van der Waals surface area contributed by atoms with Gasteiger partial charge in [-0.25, -0.2) is 9.97 Å². The van der Waals surface area contributed by atoms with Crippen molar-refractivity contribution in [2.45, 2.75) is 31.0 Å². The number of thioether (sulfide) groups is 1. The molecule has 4 heteroatoms. The summed E-state index contributed by atoms with van der Waals surface area (Å²) in [4.78, 5) is 8.36. The first-order valence-corrected chi connectivity index (χ1v) is 7.40. The highest BCUT2D eigenvalue weighted by molar-refractivity contribution is 7.99. The first kappa shape index (κ1) is 14.0. The second kappa shape index (κ2) is 6.68. The van der Waals surface area contributed by atoms with E-state index >= 15 is 0 Å². The van der Waals surface area contributed by atoms with Crippen LogP contribution in [0.1, 0.15) is 36.9 Å². The lowest BCUT2D eigenvalue weighted by atomic mass is 10.00. The molecular formula is C15H19N3S. The minimum atomic E-state index is 0.00928. The van der Waals surface area contributed by atoms with E-state index in [1.54, 1.807) is 24.2 Å². The van der Waals surface area contributed by atoms with Crippen molar-refractivity contribution in [1.29, 1.82) is 0 Å². The van der Waals surface area contributed by atoms with Crippen molar-refractivity contribution in [1.82, 2.24) is 9.97 Å². The third-order valence-corrected chi connectivity index (χ3v) is 3.96. The van der Waals surface area contributed by atoms with Crippen LogP contribution in [0, 0.1) is 0 Å². The predicted octanol–water partition coefficient (Wildman–Crippen LogP) is 3.39. The minimum Gasteiger partial charge on any atom is -0.323 e. The molecule has 1 aromatic heterocycles. The van der Waals surface area contributed by atoms with Crippen molar-refractivity contribution in [2.75, 3.05) is 5.75 Å². The van der Waals surface area contributed by atoms with Crippen molar-refractivity contribution in [3.8, 4) is 0 Å². The van der Waals surface area contributed by atoms with E-state index in [4.69, 9.17) is 5.73 Å². The van der Waals surface area contributed by atoms with Crippen LogP contribution in [0.4, 0.5) is 0 Å². The normalized spacial score (nSPS) is 12.6. The Labute approximate surface area is 118 Å². The van der Waals surface area contributed by atoms with Crippen LogP contribution in [0.3, 0.4) is 0 Å². The Morgan fingerprint density at radius 2 is 1.63 bits per heavy atom. The molecule has 2 rings (SSSR count). The topological polar surface area (TPSA) is 51.8 Å². The van der Waals surface area contributed by atoms with E-state index in [0.717, 1.165) is 16.5 Å². The zero-order valence-electron chi connectivity index (χ0n) is 11.3. The molecule has 1 heterocycles. The Morgan fingerprint density at radius 3 is 2.21 bits per heavy atom.